The topological polar surface area (TPSA) is 134 Å². The fraction of sp³-hybridized carbons (Fsp3) is 0.594. The molecule has 2 aromatic heterocycles. The van der Waals surface area contributed by atoms with Crippen molar-refractivity contribution in [3.05, 3.63) is 31.6 Å². The molecule has 4 heterocycles. The highest BCUT2D eigenvalue weighted by molar-refractivity contribution is 7.13. The molecule has 2 aliphatic heterocycles. The summed E-state index contributed by atoms with van der Waals surface area (Å²) in [5.74, 6) is -1.23. The van der Waals surface area contributed by atoms with Crippen molar-refractivity contribution in [3.63, 3.8) is 0 Å². The molecule has 0 spiro atoms. The Morgan fingerprint density at radius 2 is 1.26 bits per heavy atom. The van der Waals surface area contributed by atoms with Gasteiger partial charge in [-0.15, -0.1) is 22.7 Å². The molecule has 2 fully saturated rings. The van der Waals surface area contributed by atoms with Gasteiger partial charge in [-0.05, 0) is 82.2 Å². The number of hydrogen-bond donors (Lipinski definition) is 2. The number of hydrogen-bond acceptors (Lipinski definition) is 9. The van der Waals surface area contributed by atoms with Crippen LogP contribution in [0.15, 0.2) is 10.8 Å². The molecule has 0 bridgehead atoms. The third kappa shape index (κ3) is 8.85. The number of thiophene rings is 2. The first kappa shape index (κ1) is 35.4. The lowest BCUT2D eigenvalue weighted by molar-refractivity contribution is -0.912. The minimum atomic E-state index is -0.597. The van der Waals surface area contributed by atoms with Gasteiger partial charge in [0.15, 0.2) is 13.1 Å². The summed E-state index contributed by atoms with van der Waals surface area (Å²) in [4.78, 5) is 69.5. The summed E-state index contributed by atoms with van der Waals surface area (Å²) in [6.45, 7) is 12.1. The van der Waals surface area contributed by atoms with E-state index in [1.807, 2.05) is 40.0 Å². The molecule has 4 amide bonds. The molecule has 0 atom stereocenters. The summed E-state index contributed by atoms with van der Waals surface area (Å²) in [5.41, 5.74) is 1.90. The number of piperazine rings is 1. The fourth-order valence-electron chi connectivity index (χ4n) is 5.86. The molecule has 2 N–H and O–H groups in total. The first-order chi connectivity index (χ1) is 21.7. The monoisotopic (exact) mass is 676 g/mol. The summed E-state index contributed by atoms with van der Waals surface area (Å²) in [5, 5.41) is 9.59. The van der Waals surface area contributed by atoms with Crippen LogP contribution in [0.1, 0.15) is 76.9 Å². The number of rotatable bonds is 8. The van der Waals surface area contributed by atoms with Crippen molar-refractivity contribution in [3.8, 4) is 0 Å². The van der Waals surface area contributed by atoms with Crippen LogP contribution < -0.4 is 10.6 Å². The van der Waals surface area contributed by atoms with Gasteiger partial charge < -0.3 is 34.4 Å². The number of nitrogens with zero attached hydrogens (tertiary/aromatic N) is 3. The smallest absolute Gasteiger partial charge is 0.410 e. The van der Waals surface area contributed by atoms with Crippen molar-refractivity contribution in [1.82, 2.24) is 9.80 Å². The van der Waals surface area contributed by atoms with Crippen LogP contribution in [0.5, 0.6) is 0 Å². The molecule has 46 heavy (non-hydrogen) atoms. The molecule has 4 rings (SSSR count). The molecule has 0 aromatic carbocycles. The van der Waals surface area contributed by atoms with E-state index in [9.17, 15) is 24.0 Å². The number of carbonyl (C=O) groups is 5. The predicted octanol–water partition coefficient (Wildman–Crippen LogP) is 4.87. The summed E-state index contributed by atoms with van der Waals surface area (Å²) in [6.07, 6.45) is 3.45. The Balaban J connectivity index is 1.43. The second-order valence-electron chi connectivity index (χ2n) is 13.1. The van der Waals surface area contributed by atoms with Crippen LogP contribution in [-0.2, 0) is 19.1 Å². The summed E-state index contributed by atoms with van der Waals surface area (Å²) in [6, 6.07) is 0. The van der Waals surface area contributed by atoms with E-state index in [1.165, 1.54) is 29.8 Å². The molecule has 2 aromatic rings. The first-order valence-corrected chi connectivity index (χ1v) is 17.4. The Morgan fingerprint density at radius 1 is 0.783 bits per heavy atom. The molecule has 12 nitrogen and oxygen atoms in total. The molecule has 14 heteroatoms. The lowest BCUT2D eigenvalue weighted by atomic mass is 10.2. The third-order valence-electron chi connectivity index (χ3n) is 8.24. The minimum Gasteiger partial charge on any atom is -0.465 e. The van der Waals surface area contributed by atoms with E-state index in [2.05, 4.69) is 10.6 Å². The summed E-state index contributed by atoms with van der Waals surface area (Å²) >= 11 is 2.50. The van der Waals surface area contributed by atoms with Crippen molar-refractivity contribution in [2.75, 3.05) is 70.1 Å². The van der Waals surface area contributed by atoms with Crippen LogP contribution in [0.2, 0.25) is 0 Å². The Hall–Kier alpha value is -3.49. The third-order valence-corrected chi connectivity index (χ3v) is 10.4. The summed E-state index contributed by atoms with van der Waals surface area (Å²) < 4.78 is 10.6. The number of anilines is 2. The Labute approximate surface area is 278 Å². The normalized spacial score (nSPS) is 16.7. The highest BCUT2D eigenvalue weighted by Crippen LogP contribution is 2.31. The first-order valence-electron chi connectivity index (χ1n) is 15.7. The average Bonchev–Trinajstić information content (AvgIpc) is 3.44. The van der Waals surface area contributed by atoms with Gasteiger partial charge in [-0.25, -0.2) is 9.59 Å². The maximum Gasteiger partial charge on any atom is 0.410 e. The number of aryl methyl sites for hydroxylation is 2. The lowest BCUT2D eigenvalue weighted by Crippen LogP contribution is -2.56. The van der Waals surface area contributed by atoms with Crippen LogP contribution in [0.3, 0.4) is 0 Å². The zero-order chi connectivity index (χ0) is 33.6. The molecular formula is C32H46N5O7S2+. The zero-order valence-corrected chi connectivity index (χ0v) is 29.3. The molecule has 0 aliphatic carbocycles. The van der Waals surface area contributed by atoms with Gasteiger partial charge in [0.25, 0.3) is 17.7 Å². The summed E-state index contributed by atoms with van der Waals surface area (Å²) in [7, 11) is 1.31. The van der Waals surface area contributed by atoms with Gasteiger partial charge in [-0.3, -0.25) is 14.4 Å². The van der Waals surface area contributed by atoms with Crippen LogP contribution in [0.25, 0.3) is 0 Å². The number of likely N-dealkylation sites (tertiary alicyclic amines) is 1. The largest absolute Gasteiger partial charge is 0.465 e. The zero-order valence-electron chi connectivity index (χ0n) is 27.7. The Kier molecular flexibility index (Phi) is 11.5. The van der Waals surface area contributed by atoms with Gasteiger partial charge in [0, 0.05) is 26.2 Å². The maximum atomic E-state index is 13.7. The van der Waals surface area contributed by atoms with E-state index in [-0.39, 0.29) is 35.3 Å². The Bertz CT molecular complexity index is 1440. The van der Waals surface area contributed by atoms with Gasteiger partial charge >= 0.3 is 12.1 Å². The van der Waals surface area contributed by atoms with E-state index in [0.29, 0.717) is 60.4 Å². The van der Waals surface area contributed by atoms with Crippen molar-refractivity contribution < 1.29 is 37.9 Å². The minimum absolute atomic E-state index is 0.0807. The number of quaternary nitrogens is 1. The number of ether oxygens (including phenoxy) is 2. The van der Waals surface area contributed by atoms with E-state index in [0.717, 1.165) is 36.8 Å². The van der Waals surface area contributed by atoms with Crippen LogP contribution in [0, 0.1) is 13.8 Å². The average molecular weight is 677 g/mol. The second kappa shape index (κ2) is 14.9. The van der Waals surface area contributed by atoms with Gasteiger partial charge in [-0.1, -0.05) is 0 Å². The van der Waals surface area contributed by atoms with Crippen molar-refractivity contribution in [2.45, 2.75) is 65.9 Å². The molecule has 0 unspecified atom stereocenters. The second-order valence-corrected chi connectivity index (χ2v) is 14.9. The van der Waals surface area contributed by atoms with E-state index in [4.69, 9.17) is 9.47 Å². The Morgan fingerprint density at radius 3 is 1.76 bits per heavy atom. The van der Waals surface area contributed by atoms with E-state index < -0.39 is 17.7 Å². The van der Waals surface area contributed by atoms with Gasteiger partial charge in [0.2, 0.25) is 0 Å². The lowest BCUT2D eigenvalue weighted by Gasteiger charge is -2.36. The van der Waals surface area contributed by atoms with E-state index in [1.54, 1.807) is 15.2 Å². The molecule has 0 saturated carbocycles. The molecule has 2 saturated heterocycles. The molecular weight excluding hydrogens is 631 g/mol. The number of esters is 1. The highest BCUT2D eigenvalue weighted by Gasteiger charge is 2.36. The van der Waals surface area contributed by atoms with Gasteiger partial charge in [0.05, 0.1) is 31.6 Å². The predicted molar refractivity (Wildman–Crippen MR) is 179 cm³/mol. The maximum absolute atomic E-state index is 13.7. The van der Waals surface area contributed by atoms with Gasteiger partial charge in [0.1, 0.15) is 15.4 Å². The number of carbonyl (C=O) groups excluding carboxylic acids is 5. The highest BCUT2D eigenvalue weighted by atomic mass is 32.1. The molecule has 0 radical (unpaired) electrons. The fourth-order valence-corrected chi connectivity index (χ4v) is 7.75. The van der Waals surface area contributed by atoms with Crippen molar-refractivity contribution in [1.29, 1.82) is 0 Å². The van der Waals surface area contributed by atoms with Crippen LogP contribution >= 0.6 is 22.7 Å². The SMILES string of the molecule is COC(=O)c1scc(C)c1NC(=O)C[N+]1(CC(=O)Nc2c(C)csc2C(=O)N2CCN(C(=O)OC(C)(C)C)CC2)CCCCCC1. The van der Waals surface area contributed by atoms with Crippen molar-refractivity contribution in [2.24, 2.45) is 0 Å². The van der Waals surface area contributed by atoms with Crippen LogP contribution in [-0.4, -0.2) is 109 Å². The molecule has 2 aliphatic rings. The van der Waals surface area contributed by atoms with Gasteiger partial charge in [-0.2, -0.15) is 0 Å². The quantitative estimate of drug-likeness (QED) is 0.301. The van der Waals surface area contributed by atoms with Crippen molar-refractivity contribution >= 4 is 63.8 Å². The number of amides is 4. The molecule has 252 valence electrons. The number of methoxy groups -OCH3 is 1. The number of nitrogens with one attached hydrogen (secondary N) is 2. The van der Waals surface area contributed by atoms with Crippen LogP contribution in [0.4, 0.5) is 16.2 Å². The van der Waals surface area contributed by atoms with E-state index >= 15 is 0 Å². The standard InChI is InChI=1S/C32H45N5O7S2/c1-21-19-45-27(29(40)35-11-13-36(14-12-35)31(42)44-32(3,4)5)25(21)33-23(38)17-37(15-9-7-8-10-16-37)18-24(39)34-26-22(2)20-46-28(26)30(41)43-6/h19-20H,7-18H2,1-6H3,(H-,33,34,38,39,40,41)/p+1.